The highest BCUT2D eigenvalue weighted by Crippen LogP contribution is 2.32. The van der Waals surface area contributed by atoms with Gasteiger partial charge in [0.1, 0.15) is 6.54 Å². The van der Waals surface area contributed by atoms with Crippen LogP contribution in [0.1, 0.15) is 11.1 Å². The molecule has 1 heterocycles. The van der Waals surface area contributed by atoms with Gasteiger partial charge in [-0.25, -0.2) is 9.59 Å². The Morgan fingerprint density at radius 2 is 1.59 bits per heavy atom. The molecule has 0 radical (unpaired) electrons. The lowest BCUT2D eigenvalue weighted by atomic mass is 9.83. The van der Waals surface area contributed by atoms with Gasteiger partial charge in [-0.05, 0) is 11.1 Å². The van der Waals surface area contributed by atoms with Gasteiger partial charge in [0.25, 0.3) is 5.91 Å². The fourth-order valence-corrected chi connectivity index (χ4v) is 3.13. The highest BCUT2D eigenvalue weighted by atomic mass is 16.2. The van der Waals surface area contributed by atoms with Crippen LogP contribution in [0.5, 0.6) is 0 Å². The second kappa shape index (κ2) is 7.28. The van der Waals surface area contributed by atoms with E-state index in [0.29, 0.717) is 5.56 Å². The minimum Gasteiger partial charge on any atom is -0.351 e. The van der Waals surface area contributed by atoms with Crippen molar-refractivity contribution in [3.05, 3.63) is 71.8 Å². The van der Waals surface area contributed by atoms with E-state index in [9.17, 15) is 19.2 Å². The van der Waals surface area contributed by atoms with Crippen molar-refractivity contribution in [2.24, 2.45) is 5.73 Å². The van der Waals surface area contributed by atoms with Gasteiger partial charge in [-0.2, -0.15) is 0 Å². The number of hydrogen-bond acceptors (Lipinski definition) is 4. The minimum atomic E-state index is -1.34. The van der Waals surface area contributed by atoms with E-state index in [2.05, 4.69) is 5.32 Å². The SMILES string of the molecule is NC(=O)NC(=O)CN1C(=O)N[C@](Cc2ccccc2)(c2ccccc2)C1=O. The number of benzene rings is 2. The predicted octanol–water partition coefficient (Wildman–Crippen LogP) is 0.871. The lowest BCUT2D eigenvalue weighted by Crippen LogP contribution is -2.47. The molecular formula is C19H18N4O4. The third-order valence-electron chi connectivity index (χ3n) is 4.32. The van der Waals surface area contributed by atoms with Crippen molar-refractivity contribution in [3.63, 3.8) is 0 Å². The van der Waals surface area contributed by atoms with Crippen LogP contribution in [0.15, 0.2) is 60.7 Å². The summed E-state index contributed by atoms with van der Waals surface area (Å²) in [5.41, 5.74) is 5.02. The average Bonchev–Trinajstić information content (AvgIpc) is 2.88. The lowest BCUT2D eigenvalue weighted by molar-refractivity contribution is -0.135. The van der Waals surface area contributed by atoms with E-state index >= 15 is 0 Å². The van der Waals surface area contributed by atoms with Gasteiger partial charge in [-0.3, -0.25) is 19.8 Å². The van der Waals surface area contributed by atoms with Gasteiger partial charge >= 0.3 is 12.1 Å². The Balaban J connectivity index is 1.96. The predicted molar refractivity (Wildman–Crippen MR) is 96.2 cm³/mol. The first-order valence-electron chi connectivity index (χ1n) is 8.25. The van der Waals surface area contributed by atoms with Crippen molar-refractivity contribution in [1.29, 1.82) is 0 Å². The number of primary amides is 1. The van der Waals surface area contributed by atoms with E-state index in [1.807, 2.05) is 35.6 Å². The highest BCUT2D eigenvalue weighted by molar-refractivity contribution is 6.10. The average molecular weight is 366 g/mol. The third kappa shape index (κ3) is 3.64. The number of nitrogens with two attached hydrogens (primary N) is 1. The molecule has 1 aliphatic rings. The highest BCUT2D eigenvalue weighted by Gasteiger charge is 2.52. The number of imide groups is 2. The van der Waals surface area contributed by atoms with E-state index < -0.39 is 36.0 Å². The van der Waals surface area contributed by atoms with Crippen molar-refractivity contribution in [3.8, 4) is 0 Å². The molecule has 1 aliphatic heterocycles. The summed E-state index contributed by atoms with van der Waals surface area (Å²) >= 11 is 0. The van der Waals surface area contributed by atoms with Crippen LogP contribution < -0.4 is 16.4 Å². The number of nitrogens with zero attached hydrogens (tertiary/aromatic N) is 1. The first kappa shape index (κ1) is 18.1. The Bertz CT molecular complexity index is 885. The fraction of sp³-hybridized carbons (Fsp3) is 0.158. The maximum atomic E-state index is 13.2. The molecule has 0 saturated carbocycles. The lowest BCUT2D eigenvalue weighted by Gasteiger charge is -2.27. The maximum absolute atomic E-state index is 13.2. The van der Waals surface area contributed by atoms with E-state index in [1.165, 1.54) is 0 Å². The Morgan fingerprint density at radius 3 is 2.19 bits per heavy atom. The molecule has 0 unspecified atom stereocenters. The number of carbonyl (C=O) groups excluding carboxylic acids is 4. The minimum absolute atomic E-state index is 0.219. The molecule has 27 heavy (non-hydrogen) atoms. The summed E-state index contributed by atoms with van der Waals surface area (Å²) < 4.78 is 0. The summed E-state index contributed by atoms with van der Waals surface area (Å²) in [6.07, 6.45) is 0.219. The molecule has 2 aromatic rings. The molecule has 8 heteroatoms. The number of amides is 6. The quantitative estimate of drug-likeness (QED) is 0.680. The van der Waals surface area contributed by atoms with Crippen LogP contribution in [0.25, 0.3) is 0 Å². The number of rotatable bonds is 5. The first-order valence-corrected chi connectivity index (χ1v) is 8.25. The fourth-order valence-electron chi connectivity index (χ4n) is 3.13. The van der Waals surface area contributed by atoms with Crippen molar-refractivity contribution >= 4 is 23.9 Å². The maximum Gasteiger partial charge on any atom is 0.325 e. The molecule has 0 aromatic heterocycles. The van der Waals surface area contributed by atoms with Crippen LogP contribution in [-0.4, -0.2) is 35.3 Å². The topological polar surface area (TPSA) is 122 Å². The van der Waals surface area contributed by atoms with Gasteiger partial charge in [0.05, 0.1) is 0 Å². The zero-order valence-corrected chi connectivity index (χ0v) is 14.3. The van der Waals surface area contributed by atoms with E-state index in [-0.39, 0.29) is 6.42 Å². The number of hydrogen-bond donors (Lipinski definition) is 3. The molecule has 1 fully saturated rings. The van der Waals surface area contributed by atoms with E-state index in [4.69, 9.17) is 5.73 Å². The normalized spacial score (nSPS) is 18.9. The van der Waals surface area contributed by atoms with Gasteiger partial charge in [0.15, 0.2) is 5.54 Å². The Hall–Kier alpha value is -3.68. The van der Waals surface area contributed by atoms with Gasteiger partial charge in [-0.1, -0.05) is 60.7 Å². The van der Waals surface area contributed by atoms with Crippen molar-refractivity contribution in [2.45, 2.75) is 12.0 Å². The summed E-state index contributed by atoms with van der Waals surface area (Å²) in [5.74, 6) is -1.41. The molecule has 1 atom stereocenters. The molecule has 1 saturated heterocycles. The smallest absolute Gasteiger partial charge is 0.325 e. The second-order valence-corrected chi connectivity index (χ2v) is 6.17. The van der Waals surface area contributed by atoms with Gasteiger partial charge in [0, 0.05) is 6.42 Å². The Kier molecular flexibility index (Phi) is 4.89. The van der Waals surface area contributed by atoms with E-state index in [1.54, 1.807) is 30.3 Å². The molecule has 2 aromatic carbocycles. The Labute approximate surface area is 155 Å². The molecule has 138 valence electrons. The summed E-state index contributed by atoms with van der Waals surface area (Å²) in [5, 5.41) is 4.59. The molecular weight excluding hydrogens is 348 g/mol. The van der Waals surface area contributed by atoms with Crippen LogP contribution in [-0.2, 0) is 21.5 Å². The molecule has 4 N–H and O–H groups in total. The Morgan fingerprint density at radius 1 is 1.00 bits per heavy atom. The monoisotopic (exact) mass is 366 g/mol. The largest absolute Gasteiger partial charge is 0.351 e. The van der Waals surface area contributed by atoms with Crippen LogP contribution in [0.3, 0.4) is 0 Å². The van der Waals surface area contributed by atoms with Crippen LogP contribution in [0, 0.1) is 0 Å². The standard InChI is InChI=1S/C19H18N4O4/c20-17(26)21-15(24)12-23-16(25)19(22-18(23)27,14-9-5-2-6-10-14)11-13-7-3-1-4-8-13/h1-10H,11-12H2,(H,22,27)(H3,20,21,24,26)/t19-/m1/s1. The summed E-state index contributed by atoms with van der Waals surface area (Å²) in [7, 11) is 0. The second-order valence-electron chi connectivity index (χ2n) is 6.17. The van der Waals surface area contributed by atoms with Crippen molar-refractivity contribution in [2.75, 3.05) is 6.54 Å². The van der Waals surface area contributed by atoms with Crippen LogP contribution in [0.2, 0.25) is 0 Å². The van der Waals surface area contributed by atoms with Crippen molar-refractivity contribution < 1.29 is 19.2 Å². The molecule has 0 spiro atoms. The summed E-state index contributed by atoms with van der Waals surface area (Å²) in [4.78, 5) is 49.1. The molecule has 3 rings (SSSR count). The molecule has 8 nitrogen and oxygen atoms in total. The van der Waals surface area contributed by atoms with Crippen LogP contribution in [0.4, 0.5) is 9.59 Å². The number of carbonyl (C=O) groups is 4. The number of urea groups is 2. The molecule has 6 amide bonds. The molecule has 0 bridgehead atoms. The zero-order chi connectivity index (χ0) is 19.4. The van der Waals surface area contributed by atoms with Gasteiger partial charge in [0.2, 0.25) is 5.91 Å². The zero-order valence-electron chi connectivity index (χ0n) is 14.3. The van der Waals surface area contributed by atoms with Crippen LogP contribution >= 0.6 is 0 Å². The molecule has 0 aliphatic carbocycles. The van der Waals surface area contributed by atoms with Crippen molar-refractivity contribution in [1.82, 2.24) is 15.5 Å². The summed E-state index contributed by atoms with van der Waals surface area (Å²) in [6, 6.07) is 16.3. The summed E-state index contributed by atoms with van der Waals surface area (Å²) in [6.45, 7) is -0.600. The van der Waals surface area contributed by atoms with E-state index in [0.717, 1.165) is 10.5 Å². The van der Waals surface area contributed by atoms with Gasteiger partial charge in [-0.15, -0.1) is 0 Å². The first-order chi connectivity index (χ1) is 12.9. The third-order valence-corrected chi connectivity index (χ3v) is 4.32. The van der Waals surface area contributed by atoms with Gasteiger partial charge < -0.3 is 11.1 Å². The number of nitrogens with one attached hydrogen (secondary N) is 2.